The number of likely N-dealkylation sites (N-methyl/N-ethyl adjacent to an activating group) is 1. The van der Waals surface area contributed by atoms with Crippen LogP contribution in [0.1, 0.15) is 74.1 Å². The van der Waals surface area contributed by atoms with Crippen molar-refractivity contribution in [1.82, 2.24) is 15.5 Å². The van der Waals surface area contributed by atoms with Crippen LogP contribution in [0.25, 0.3) is 0 Å². The molecule has 1 unspecified atom stereocenters. The Hall–Kier alpha value is -1.91. The van der Waals surface area contributed by atoms with Crippen LogP contribution in [0, 0.1) is 17.3 Å². The van der Waals surface area contributed by atoms with Gasteiger partial charge in [-0.2, -0.15) is 0 Å². The lowest BCUT2D eigenvalue weighted by Gasteiger charge is -2.49. The van der Waals surface area contributed by atoms with E-state index in [1.54, 1.807) is 39.8 Å². The van der Waals surface area contributed by atoms with Crippen molar-refractivity contribution < 1.29 is 53.4 Å². The van der Waals surface area contributed by atoms with Gasteiger partial charge in [0.2, 0.25) is 0 Å². The fourth-order valence-electron chi connectivity index (χ4n) is 8.09. The van der Waals surface area contributed by atoms with Crippen LogP contribution in [0.15, 0.2) is 0 Å². The first kappa shape index (κ1) is 37.9. The van der Waals surface area contributed by atoms with Crippen molar-refractivity contribution in [3.8, 4) is 0 Å². The topological polar surface area (TPSA) is 185 Å². The Balaban J connectivity index is 1.76. The minimum absolute atomic E-state index is 0.0217. The Morgan fingerprint density at radius 1 is 1.13 bits per heavy atom. The van der Waals surface area contributed by atoms with Crippen molar-refractivity contribution in [2.24, 2.45) is 17.3 Å². The van der Waals surface area contributed by atoms with Crippen molar-refractivity contribution >= 4 is 17.8 Å². The first-order valence-electron chi connectivity index (χ1n) is 17.0. The van der Waals surface area contributed by atoms with E-state index in [1.807, 2.05) is 27.7 Å². The second kappa shape index (κ2) is 14.5. The lowest BCUT2D eigenvalue weighted by Crippen LogP contribution is -2.62. The summed E-state index contributed by atoms with van der Waals surface area (Å²) < 4.78 is 31.2. The van der Waals surface area contributed by atoms with Crippen molar-refractivity contribution in [3.63, 3.8) is 0 Å². The molecule has 0 aromatic heterocycles. The molecule has 5 fully saturated rings. The minimum Gasteiger partial charge on any atom is -0.457 e. The summed E-state index contributed by atoms with van der Waals surface area (Å²) in [7, 11) is 3.59. The number of fused-ring (bicyclic) bond motifs is 10. The Labute approximate surface area is 278 Å². The highest BCUT2D eigenvalue weighted by Crippen LogP contribution is 2.43. The largest absolute Gasteiger partial charge is 0.457 e. The Bertz CT molecular complexity index is 1140. The lowest BCUT2D eigenvalue weighted by molar-refractivity contribution is -0.311. The Kier molecular flexibility index (Phi) is 11.7. The number of ketones is 1. The maximum absolute atomic E-state index is 14.6. The van der Waals surface area contributed by atoms with Gasteiger partial charge in [0.25, 0.3) is 0 Å². The number of hydrogen-bond acceptors (Lipinski definition) is 13. The highest BCUT2D eigenvalue weighted by atomic mass is 16.7. The van der Waals surface area contributed by atoms with Crippen LogP contribution in [0.5, 0.6) is 0 Å². The normalized spacial score (nSPS) is 46.0. The third-order valence-electron chi connectivity index (χ3n) is 11.0. The summed E-state index contributed by atoms with van der Waals surface area (Å²) in [5, 5.41) is 38.0. The molecule has 0 aromatic rings. The molecule has 14 atom stereocenters. The van der Waals surface area contributed by atoms with Gasteiger partial charge in [0, 0.05) is 24.6 Å². The second-order valence-corrected chi connectivity index (χ2v) is 15.0. The Morgan fingerprint density at radius 3 is 2.43 bits per heavy atom. The SMILES string of the molecule is CC[C@H]1OC(=O)[C@]2(C)CCO[C@@](C)(C[C@@H](C)CN[C@H](C)[C@H]3NC(=O)O[C@@]31C)[C@H](O[C@@H]1OC([C@H](O)CO)C[C@H](N(C)C)[C@H]1O)[C@@H](C)C2=O. The van der Waals surface area contributed by atoms with Gasteiger partial charge in [-0.15, -0.1) is 0 Å². The van der Waals surface area contributed by atoms with Crippen LogP contribution in [-0.2, 0) is 33.3 Å². The van der Waals surface area contributed by atoms with Gasteiger partial charge in [0.1, 0.15) is 23.7 Å². The number of nitrogens with one attached hydrogen (secondary N) is 2. The monoisotopic (exact) mass is 671 g/mol. The molecule has 270 valence electrons. The van der Waals surface area contributed by atoms with Gasteiger partial charge >= 0.3 is 12.1 Å². The van der Waals surface area contributed by atoms with Crippen LogP contribution >= 0.6 is 0 Å². The minimum atomic E-state index is -1.62. The van der Waals surface area contributed by atoms with E-state index in [0.717, 1.165) is 0 Å². The molecular formula is C33H57N3O11. The summed E-state index contributed by atoms with van der Waals surface area (Å²) >= 11 is 0. The molecule has 0 spiro atoms. The zero-order valence-corrected chi connectivity index (χ0v) is 29.4. The molecule has 0 aromatic carbocycles. The molecule has 47 heavy (non-hydrogen) atoms. The quantitative estimate of drug-likeness (QED) is 0.197. The van der Waals surface area contributed by atoms with Gasteiger partial charge in [-0.25, -0.2) is 4.79 Å². The summed E-state index contributed by atoms with van der Waals surface area (Å²) in [4.78, 5) is 43.0. The van der Waals surface area contributed by atoms with Gasteiger partial charge in [0.05, 0.1) is 30.5 Å². The highest BCUT2D eigenvalue weighted by molar-refractivity contribution is 6.04. The van der Waals surface area contributed by atoms with E-state index in [2.05, 4.69) is 10.6 Å². The molecule has 5 rings (SSSR count). The molecular weight excluding hydrogens is 614 g/mol. The number of carbonyl (C=O) groups excluding carboxylic acids is 3. The maximum atomic E-state index is 14.6. The van der Waals surface area contributed by atoms with Gasteiger partial charge < -0.3 is 54.5 Å². The summed E-state index contributed by atoms with van der Waals surface area (Å²) in [5.41, 5.74) is -3.90. The number of aliphatic hydroxyl groups is 3. The third kappa shape index (κ3) is 7.35. The molecule has 5 N–H and O–H groups in total. The second-order valence-electron chi connectivity index (χ2n) is 15.0. The van der Waals surface area contributed by atoms with Gasteiger partial charge in [-0.3, -0.25) is 9.59 Å². The zero-order valence-electron chi connectivity index (χ0n) is 29.4. The van der Waals surface area contributed by atoms with E-state index in [9.17, 15) is 29.7 Å². The Morgan fingerprint density at radius 2 is 1.81 bits per heavy atom. The molecule has 14 nitrogen and oxygen atoms in total. The number of esters is 1. The molecule has 5 heterocycles. The zero-order chi connectivity index (χ0) is 35.1. The molecule has 0 saturated carbocycles. The smallest absolute Gasteiger partial charge is 0.408 e. The van der Waals surface area contributed by atoms with E-state index >= 15 is 0 Å². The van der Waals surface area contributed by atoms with Gasteiger partial charge in [-0.1, -0.05) is 20.8 Å². The van der Waals surface area contributed by atoms with E-state index < -0.39 is 95.9 Å². The first-order chi connectivity index (χ1) is 21.9. The highest BCUT2D eigenvalue weighted by Gasteiger charge is 2.58. The number of nitrogens with zero attached hydrogens (tertiary/aromatic N) is 1. The predicted octanol–water partition coefficient (Wildman–Crippen LogP) is 0.728. The number of Topliss-reactive ketones (excluding diaryl/α,β-unsaturated/α-hetero) is 1. The van der Waals surface area contributed by atoms with Crippen molar-refractivity contribution in [1.29, 1.82) is 0 Å². The summed E-state index contributed by atoms with van der Waals surface area (Å²) in [5.74, 6) is -2.10. The predicted molar refractivity (Wildman–Crippen MR) is 169 cm³/mol. The number of aliphatic hydroxyl groups excluding tert-OH is 3. The fraction of sp³-hybridized carbons (Fsp3) is 0.909. The standard InChI is InChI=1S/C33H57N3O11/c1-10-23-33(7)25(35-30(42)47-33)19(4)34-15-17(2)14-32(6)27(18(3)26(40)31(5,11-12-43-32)29(41)45-23)46-28-24(39)20(36(8)9)13-22(44-28)21(38)16-37/h17-25,27-28,34,37-39H,10-16H2,1-9H3,(H,35,42)/t17-,18+,19-,20+,21-,22?,23-,24-,25-,27-,28+,31-,32+,33-/m1/s1. The number of carbonyl (C=O) groups is 3. The molecule has 2 bridgehead atoms. The summed E-state index contributed by atoms with van der Waals surface area (Å²) in [6, 6.07) is -1.27. The number of alkyl carbamates (subject to hydrolysis) is 1. The summed E-state index contributed by atoms with van der Waals surface area (Å²) in [6.45, 7) is 12.7. The molecule has 5 aliphatic rings. The maximum Gasteiger partial charge on any atom is 0.408 e. The molecule has 5 saturated heterocycles. The average molecular weight is 672 g/mol. The number of ether oxygens (including phenoxy) is 5. The van der Waals surface area contributed by atoms with E-state index in [0.29, 0.717) is 19.4 Å². The summed E-state index contributed by atoms with van der Waals surface area (Å²) in [6.07, 6.45) is -5.84. The lowest BCUT2D eigenvalue weighted by atomic mass is 9.70. The molecule has 1 amide bonds. The molecule has 5 aliphatic heterocycles. The average Bonchev–Trinajstić information content (AvgIpc) is 3.33. The third-order valence-corrected chi connectivity index (χ3v) is 11.0. The molecule has 0 radical (unpaired) electrons. The van der Waals surface area contributed by atoms with Crippen LogP contribution < -0.4 is 10.6 Å². The van der Waals surface area contributed by atoms with Crippen LogP contribution in [-0.4, -0.2) is 138 Å². The molecule has 0 aliphatic carbocycles. The molecule has 14 heteroatoms. The van der Waals surface area contributed by atoms with Crippen LogP contribution in [0.4, 0.5) is 4.79 Å². The van der Waals surface area contributed by atoms with Crippen molar-refractivity contribution in [3.05, 3.63) is 0 Å². The van der Waals surface area contributed by atoms with E-state index in [1.165, 1.54) is 0 Å². The number of amides is 1. The van der Waals surface area contributed by atoms with E-state index in [-0.39, 0.29) is 31.4 Å². The number of hydrogen-bond donors (Lipinski definition) is 5. The number of rotatable bonds is 6. The van der Waals surface area contributed by atoms with Gasteiger partial charge in [-0.05, 0) is 79.9 Å². The first-order valence-corrected chi connectivity index (χ1v) is 17.0. The van der Waals surface area contributed by atoms with E-state index in [4.69, 9.17) is 23.7 Å². The fourth-order valence-corrected chi connectivity index (χ4v) is 8.09. The van der Waals surface area contributed by atoms with Crippen molar-refractivity contribution in [2.75, 3.05) is 33.9 Å². The van der Waals surface area contributed by atoms with Crippen molar-refractivity contribution in [2.45, 2.75) is 140 Å². The van der Waals surface area contributed by atoms with Crippen LogP contribution in [0.3, 0.4) is 0 Å². The van der Waals surface area contributed by atoms with Gasteiger partial charge in [0.15, 0.2) is 17.7 Å². The van der Waals surface area contributed by atoms with Crippen LogP contribution in [0.2, 0.25) is 0 Å².